The van der Waals surface area contributed by atoms with Crippen LogP contribution in [0.25, 0.3) is 0 Å². The standard InChI is InChI=1S/C24H50Cl3O7Si4/c1-16-18(27)20(32-36(5,6)7)21(33-37(8,9)10)23(28-16)30-24(15-26)22(34-38(11,12)13)19(17(14-25)29-24)31-35(2,3)4/h16-23H,1,14-15H2,2-13H3/t16-,17+,18+,19?,20+,21-,22?,23-,24+/m1/s1. The molecule has 7 nitrogen and oxygen atoms in total. The summed E-state index contributed by atoms with van der Waals surface area (Å²) in [7, 11) is -8.28. The minimum absolute atomic E-state index is 0.0215. The van der Waals surface area contributed by atoms with Crippen LogP contribution in [0.1, 0.15) is 0 Å². The molecular formula is C24H50Cl3O7Si4. The Bertz CT molecular complexity index is 772. The molecule has 2 fully saturated rings. The second kappa shape index (κ2) is 13.0. The van der Waals surface area contributed by atoms with E-state index < -0.39 is 87.3 Å². The Morgan fingerprint density at radius 2 is 1.16 bits per heavy atom. The molecule has 2 saturated heterocycles. The molecule has 38 heavy (non-hydrogen) atoms. The summed E-state index contributed by atoms with van der Waals surface area (Å²) in [6.07, 6.45) is -4.16. The third-order valence-corrected chi connectivity index (χ3v) is 10.7. The molecule has 0 spiro atoms. The summed E-state index contributed by atoms with van der Waals surface area (Å²) in [6, 6.07) is 0. The number of alkyl halides is 3. The summed E-state index contributed by atoms with van der Waals surface area (Å²) in [5, 5.41) is -0.521. The van der Waals surface area contributed by atoms with Gasteiger partial charge in [0.2, 0.25) is 5.79 Å². The summed E-state index contributed by atoms with van der Waals surface area (Å²) < 4.78 is 46.2. The van der Waals surface area contributed by atoms with E-state index in [4.69, 9.17) is 66.7 Å². The Morgan fingerprint density at radius 3 is 1.58 bits per heavy atom. The van der Waals surface area contributed by atoms with Crippen LogP contribution in [0, 0.1) is 6.92 Å². The van der Waals surface area contributed by atoms with Gasteiger partial charge in [-0.1, -0.05) is 0 Å². The average molecular weight is 669 g/mol. The third-order valence-electron chi connectivity index (χ3n) is 5.62. The van der Waals surface area contributed by atoms with Crippen molar-refractivity contribution in [3.8, 4) is 0 Å². The van der Waals surface area contributed by atoms with Crippen LogP contribution >= 0.6 is 34.8 Å². The second-order valence-electron chi connectivity index (χ2n) is 14.1. The SMILES string of the molecule is [CH2][C@H]1O[C@H](O[C@]2(CCl)O[C@@H](CCl)C(O[Si](C)(C)C)C2O[Si](C)(C)C)[C@H](O[Si](C)(C)C)[C@@H](O[Si](C)(C)C)[C@H]1Cl. The first kappa shape index (κ1) is 35.7. The van der Waals surface area contributed by atoms with Gasteiger partial charge in [0.05, 0.1) is 29.3 Å². The van der Waals surface area contributed by atoms with Crippen LogP contribution in [0.15, 0.2) is 0 Å². The van der Waals surface area contributed by atoms with Crippen molar-refractivity contribution in [1.82, 2.24) is 0 Å². The summed E-state index contributed by atoms with van der Waals surface area (Å²) in [5.74, 6) is -1.21. The fourth-order valence-corrected chi connectivity index (χ4v) is 9.69. The van der Waals surface area contributed by atoms with E-state index in [1.165, 1.54) is 0 Å². The Labute approximate surface area is 250 Å². The first-order valence-electron chi connectivity index (χ1n) is 13.3. The Hall–Kier alpha value is 1.46. The smallest absolute Gasteiger partial charge is 0.213 e. The van der Waals surface area contributed by atoms with Crippen molar-refractivity contribution in [1.29, 1.82) is 0 Å². The number of ether oxygens (including phenoxy) is 3. The predicted molar refractivity (Wildman–Crippen MR) is 167 cm³/mol. The highest BCUT2D eigenvalue weighted by atomic mass is 35.5. The van der Waals surface area contributed by atoms with Crippen LogP contribution in [-0.2, 0) is 31.9 Å². The van der Waals surface area contributed by atoms with Crippen LogP contribution in [0.2, 0.25) is 78.6 Å². The topological polar surface area (TPSA) is 64.6 Å². The van der Waals surface area contributed by atoms with Crippen molar-refractivity contribution in [2.24, 2.45) is 0 Å². The molecule has 2 aliphatic rings. The predicted octanol–water partition coefficient (Wildman–Crippen LogP) is 6.62. The van der Waals surface area contributed by atoms with E-state index >= 15 is 0 Å². The minimum Gasteiger partial charge on any atom is -0.410 e. The normalized spacial score (nSPS) is 37.6. The van der Waals surface area contributed by atoms with E-state index in [9.17, 15) is 0 Å². The lowest BCUT2D eigenvalue weighted by Gasteiger charge is -2.49. The molecule has 14 heteroatoms. The highest BCUT2D eigenvalue weighted by Gasteiger charge is 2.61. The van der Waals surface area contributed by atoms with E-state index in [-0.39, 0.29) is 11.8 Å². The molecule has 2 aliphatic heterocycles. The van der Waals surface area contributed by atoms with Gasteiger partial charge in [0.1, 0.15) is 24.4 Å². The molecule has 0 amide bonds. The molecule has 0 aliphatic carbocycles. The average Bonchev–Trinajstić information content (AvgIpc) is 2.97. The Kier molecular flexibility index (Phi) is 12.2. The minimum atomic E-state index is -2.12. The van der Waals surface area contributed by atoms with Crippen LogP contribution in [0.5, 0.6) is 0 Å². The number of halogens is 3. The van der Waals surface area contributed by atoms with E-state index in [0.717, 1.165) is 0 Å². The lowest BCUT2D eigenvalue weighted by Crippen LogP contribution is -2.64. The van der Waals surface area contributed by atoms with Gasteiger partial charge >= 0.3 is 0 Å². The molecule has 2 rings (SSSR count). The van der Waals surface area contributed by atoms with Crippen molar-refractivity contribution < 1.29 is 31.9 Å². The van der Waals surface area contributed by atoms with Crippen molar-refractivity contribution >= 4 is 68.1 Å². The first-order valence-corrected chi connectivity index (χ1v) is 28.5. The molecule has 0 aromatic heterocycles. The molecule has 225 valence electrons. The number of rotatable bonds is 12. The molecule has 2 heterocycles. The molecule has 0 aromatic carbocycles. The quantitative estimate of drug-likeness (QED) is 0.171. The summed E-state index contributed by atoms with van der Waals surface area (Å²) >= 11 is 20.0. The second-order valence-corrected chi connectivity index (χ2v) is 33.0. The Balaban J connectivity index is 2.57. The number of hydrogen-bond acceptors (Lipinski definition) is 7. The zero-order valence-corrected chi connectivity index (χ0v) is 31.5. The fourth-order valence-electron chi connectivity index (χ4n) is 4.51. The van der Waals surface area contributed by atoms with Gasteiger partial charge in [-0.3, -0.25) is 0 Å². The van der Waals surface area contributed by atoms with Gasteiger partial charge in [0.15, 0.2) is 39.6 Å². The molecule has 0 N–H and O–H groups in total. The number of hydrogen-bond donors (Lipinski definition) is 0. The van der Waals surface area contributed by atoms with E-state index in [0.29, 0.717) is 0 Å². The van der Waals surface area contributed by atoms with Gasteiger partial charge in [0.25, 0.3) is 0 Å². The zero-order valence-electron chi connectivity index (χ0n) is 25.2. The van der Waals surface area contributed by atoms with Crippen LogP contribution < -0.4 is 0 Å². The van der Waals surface area contributed by atoms with Crippen LogP contribution in [0.4, 0.5) is 0 Å². The molecule has 9 atom stereocenters. The molecular weight excluding hydrogens is 619 g/mol. The maximum atomic E-state index is 6.85. The molecule has 0 bridgehead atoms. The van der Waals surface area contributed by atoms with Crippen molar-refractivity contribution in [2.75, 3.05) is 11.8 Å². The monoisotopic (exact) mass is 667 g/mol. The fraction of sp³-hybridized carbons (Fsp3) is 0.958. The van der Waals surface area contributed by atoms with E-state index in [1.54, 1.807) is 0 Å². The zero-order chi connectivity index (χ0) is 29.5. The Morgan fingerprint density at radius 1 is 0.711 bits per heavy atom. The van der Waals surface area contributed by atoms with E-state index in [2.05, 4.69) is 85.5 Å². The van der Waals surface area contributed by atoms with Crippen LogP contribution in [-0.4, -0.2) is 99.1 Å². The summed E-state index contributed by atoms with van der Waals surface area (Å²) in [5.41, 5.74) is 0. The molecule has 0 aromatic rings. The summed E-state index contributed by atoms with van der Waals surface area (Å²) in [6.45, 7) is 29.5. The van der Waals surface area contributed by atoms with Gasteiger partial charge in [0, 0.05) is 0 Å². The van der Waals surface area contributed by atoms with E-state index in [1.807, 2.05) is 0 Å². The third kappa shape index (κ3) is 10.0. The van der Waals surface area contributed by atoms with Crippen LogP contribution in [0.3, 0.4) is 0 Å². The largest absolute Gasteiger partial charge is 0.410 e. The summed E-state index contributed by atoms with van der Waals surface area (Å²) in [4.78, 5) is 0. The maximum Gasteiger partial charge on any atom is 0.213 e. The van der Waals surface area contributed by atoms with Gasteiger partial charge in [-0.05, 0) is 85.5 Å². The lowest BCUT2D eigenvalue weighted by molar-refractivity contribution is -0.348. The van der Waals surface area contributed by atoms with Crippen molar-refractivity contribution in [2.45, 2.75) is 133 Å². The lowest BCUT2D eigenvalue weighted by atomic mass is 10.0. The first-order chi connectivity index (χ1) is 17.0. The highest BCUT2D eigenvalue weighted by molar-refractivity contribution is 6.71. The molecule has 2 unspecified atom stereocenters. The van der Waals surface area contributed by atoms with Gasteiger partial charge in [-0.2, -0.15) is 0 Å². The highest BCUT2D eigenvalue weighted by Crippen LogP contribution is 2.44. The van der Waals surface area contributed by atoms with Gasteiger partial charge < -0.3 is 31.9 Å². The van der Waals surface area contributed by atoms with Crippen molar-refractivity contribution in [3.63, 3.8) is 0 Å². The maximum absolute atomic E-state index is 6.85. The van der Waals surface area contributed by atoms with Gasteiger partial charge in [-0.15, -0.1) is 34.8 Å². The van der Waals surface area contributed by atoms with Crippen molar-refractivity contribution in [3.05, 3.63) is 6.92 Å². The molecule has 1 radical (unpaired) electrons. The molecule has 0 saturated carbocycles. The van der Waals surface area contributed by atoms with Gasteiger partial charge in [-0.25, -0.2) is 0 Å².